The first kappa shape index (κ1) is 15.7. The van der Waals surface area contributed by atoms with E-state index < -0.39 is 0 Å². The summed E-state index contributed by atoms with van der Waals surface area (Å²) in [6, 6.07) is 6.59. The van der Waals surface area contributed by atoms with Gasteiger partial charge in [0.2, 0.25) is 5.16 Å². The number of thioether (sulfide) groups is 1. The second-order valence-corrected chi connectivity index (χ2v) is 9.23. The monoisotopic (exact) mass is 358 g/mol. The zero-order valence-electron chi connectivity index (χ0n) is 14.2. The number of aromatic nitrogens is 3. The first-order chi connectivity index (χ1) is 12.1. The van der Waals surface area contributed by atoms with Gasteiger partial charge in [0.15, 0.2) is 5.82 Å². The average molecular weight is 358 g/mol. The maximum Gasteiger partial charge on any atom is 0.210 e. The molecule has 2 aromatic rings. The Balaban J connectivity index is 1.37. The number of halogens is 1. The molecule has 6 rings (SSSR count). The van der Waals surface area contributed by atoms with Gasteiger partial charge < -0.3 is 5.84 Å². The fourth-order valence-corrected chi connectivity index (χ4v) is 6.66. The van der Waals surface area contributed by atoms with Crippen molar-refractivity contribution in [2.24, 2.45) is 17.8 Å². The number of benzene rings is 1. The Labute approximate surface area is 151 Å². The Bertz CT molecular complexity index is 750. The molecule has 0 radical (unpaired) electrons. The summed E-state index contributed by atoms with van der Waals surface area (Å²) in [7, 11) is 0. The van der Waals surface area contributed by atoms with Gasteiger partial charge in [-0.1, -0.05) is 23.9 Å². The molecule has 4 saturated carbocycles. The van der Waals surface area contributed by atoms with Crippen LogP contribution in [0.3, 0.4) is 0 Å². The molecule has 1 heterocycles. The van der Waals surface area contributed by atoms with Crippen LogP contribution in [-0.4, -0.2) is 14.9 Å². The van der Waals surface area contributed by atoms with Crippen LogP contribution in [0.25, 0.3) is 0 Å². The van der Waals surface area contributed by atoms with E-state index in [4.69, 9.17) is 5.84 Å². The largest absolute Gasteiger partial charge is 0.336 e. The van der Waals surface area contributed by atoms with E-state index in [1.54, 1.807) is 28.6 Å². The number of hydrogen-bond donors (Lipinski definition) is 1. The third-order valence-corrected chi connectivity index (χ3v) is 7.47. The zero-order chi connectivity index (χ0) is 17.0. The number of nitrogens with two attached hydrogens (primary N) is 1. The standard InChI is InChI=1S/C19H23FN4S/c20-16-3-1-12(2-4-16)11-25-18-23-22-17(24(18)21)19-8-13-5-14(9-19)7-15(6-13)10-19/h1-4,13-15H,5-11,21H2. The van der Waals surface area contributed by atoms with E-state index in [1.807, 2.05) is 0 Å². The van der Waals surface area contributed by atoms with Crippen LogP contribution >= 0.6 is 11.8 Å². The van der Waals surface area contributed by atoms with Crippen molar-refractivity contribution in [2.45, 2.75) is 54.8 Å². The smallest absolute Gasteiger partial charge is 0.210 e. The van der Waals surface area contributed by atoms with E-state index in [0.717, 1.165) is 40.1 Å². The molecule has 0 aliphatic heterocycles. The number of hydrogen-bond acceptors (Lipinski definition) is 4. The summed E-state index contributed by atoms with van der Waals surface area (Å²) in [4.78, 5) is 0. The first-order valence-corrected chi connectivity index (χ1v) is 10.2. The second-order valence-electron chi connectivity index (χ2n) is 8.29. The topological polar surface area (TPSA) is 56.7 Å². The van der Waals surface area contributed by atoms with Gasteiger partial charge in [-0.25, -0.2) is 9.07 Å². The molecular weight excluding hydrogens is 335 g/mol. The van der Waals surface area contributed by atoms with Gasteiger partial charge in [0, 0.05) is 11.2 Å². The van der Waals surface area contributed by atoms with Crippen molar-refractivity contribution in [1.29, 1.82) is 0 Å². The highest BCUT2D eigenvalue weighted by molar-refractivity contribution is 7.98. The molecule has 4 aliphatic rings. The van der Waals surface area contributed by atoms with E-state index in [9.17, 15) is 4.39 Å². The molecule has 2 N–H and O–H groups in total. The molecule has 4 bridgehead atoms. The van der Waals surface area contributed by atoms with Gasteiger partial charge in [0.05, 0.1) is 0 Å². The van der Waals surface area contributed by atoms with Crippen LogP contribution in [0.1, 0.15) is 49.9 Å². The second kappa shape index (κ2) is 5.73. The van der Waals surface area contributed by atoms with Crippen molar-refractivity contribution in [2.75, 3.05) is 5.84 Å². The minimum Gasteiger partial charge on any atom is -0.336 e. The Morgan fingerprint density at radius 3 is 2.24 bits per heavy atom. The predicted octanol–water partition coefficient (Wildman–Crippen LogP) is 3.89. The Morgan fingerprint density at radius 1 is 1.04 bits per heavy atom. The molecule has 4 nitrogen and oxygen atoms in total. The molecule has 0 amide bonds. The normalized spacial score (nSPS) is 33.1. The van der Waals surface area contributed by atoms with E-state index in [1.165, 1.54) is 50.7 Å². The van der Waals surface area contributed by atoms with Gasteiger partial charge in [-0.3, -0.25) is 0 Å². The van der Waals surface area contributed by atoms with Gasteiger partial charge in [0.25, 0.3) is 0 Å². The summed E-state index contributed by atoms with van der Waals surface area (Å²) in [6.45, 7) is 0. The van der Waals surface area contributed by atoms with Crippen molar-refractivity contribution in [1.82, 2.24) is 14.9 Å². The molecule has 1 aromatic heterocycles. The molecule has 0 atom stereocenters. The van der Waals surface area contributed by atoms with Crippen LogP contribution in [0, 0.1) is 23.6 Å². The minimum absolute atomic E-state index is 0.158. The summed E-state index contributed by atoms with van der Waals surface area (Å²) < 4.78 is 14.8. The third kappa shape index (κ3) is 2.65. The molecular formula is C19H23FN4S. The van der Waals surface area contributed by atoms with Crippen LogP contribution in [0.15, 0.2) is 29.4 Å². The SMILES string of the molecule is Nn1c(SCc2ccc(F)cc2)nnc1C12CC3CC(CC(C3)C1)C2. The van der Waals surface area contributed by atoms with Crippen molar-refractivity contribution in [3.05, 3.63) is 41.5 Å². The lowest BCUT2D eigenvalue weighted by molar-refractivity contribution is -0.0106. The highest BCUT2D eigenvalue weighted by Crippen LogP contribution is 2.60. The molecule has 25 heavy (non-hydrogen) atoms. The molecule has 0 spiro atoms. The van der Waals surface area contributed by atoms with E-state index in [0.29, 0.717) is 0 Å². The Morgan fingerprint density at radius 2 is 1.64 bits per heavy atom. The number of nitrogen functional groups attached to an aromatic ring is 1. The van der Waals surface area contributed by atoms with Gasteiger partial charge in [0.1, 0.15) is 5.82 Å². The zero-order valence-corrected chi connectivity index (χ0v) is 15.0. The van der Waals surface area contributed by atoms with Crippen LogP contribution in [-0.2, 0) is 11.2 Å². The van der Waals surface area contributed by atoms with Crippen LogP contribution in [0.4, 0.5) is 4.39 Å². The van der Waals surface area contributed by atoms with Crippen molar-refractivity contribution < 1.29 is 4.39 Å². The highest BCUT2D eigenvalue weighted by atomic mass is 32.2. The van der Waals surface area contributed by atoms with E-state index in [2.05, 4.69) is 10.2 Å². The maximum atomic E-state index is 13.0. The molecule has 132 valence electrons. The lowest BCUT2D eigenvalue weighted by Gasteiger charge is -2.55. The van der Waals surface area contributed by atoms with E-state index >= 15 is 0 Å². The van der Waals surface area contributed by atoms with Gasteiger partial charge in [-0.15, -0.1) is 10.2 Å². The highest BCUT2D eigenvalue weighted by Gasteiger charge is 2.54. The molecule has 4 aliphatic carbocycles. The van der Waals surface area contributed by atoms with Crippen molar-refractivity contribution >= 4 is 11.8 Å². The summed E-state index contributed by atoms with van der Waals surface area (Å²) in [6.07, 6.45) is 7.92. The summed E-state index contributed by atoms with van der Waals surface area (Å²) in [5.74, 6) is 10.5. The Kier molecular flexibility index (Phi) is 3.59. The lowest BCUT2D eigenvalue weighted by atomic mass is 9.49. The van der Waals surface area contributed by atoms with Gasteiger partial charge >= 0.3 is 0 Å². The third-order valence-electron chi connectivity index (χ3n) is 6.46. The predicted molar refractivity (Wildman–Crippen MR) is 96.0 cm³/mol. The quantitative estimate of drug-likeness (QED) is 0.665. The van der Waals surface area contributed by atoms with Crippen LogP contribution < -0.4 is 5.84 Å². The fraction of sp³-hybridized carbons (Fsp3) is 0.579. The maximum absolute atomic E-state index is 13.0. The van der Waals surface area contributed by atoms with Crippen molar-refractivity contribution in [3.8, 4) is 0 Å². The average Bonchev–Trinajstić information content (AvgIpc) is 2.95. The Hall–Kier alpha value is -1.56. The molecule has 4 fully saturated rings. The van der Waals surface area contributed by atoms with Crippen LogP contribution in [0.5, 0.6) is 0 Å². The molecule has 6 heteroatoms. The number of rotatable bonds is 4. The molecule has 1 aromatic carbocycles. The summed E-state index contributed by atoms with van der Waals surface area (Å²) in [5, 5.41) is 9.68. The van der Waals surface area contributed by atoms with Crippen LogP contribution in [0.2, 0.25) is 0 Å². The minimum atomic E-state index is -0.208. The first-order valence-electron chi connectivity index (χ1n) is 9.19. The summed E-state index contributed by atoms with van der Waals surface area (Å²) >= 11 is 1.57. The lowest BCUT2D eigenvalue weighted by Crippen LogP contribution is -2.50. The van der Waals surface area contributed by atoms with Gasteiger partial charge in [-0.05, 0) is 74.0 Å². The fourth-order valence-electron chi connectivity index (χ4n) is 5.85. The van der Waals surface area contributed by atoms with Gasteiger partial charge in [-0.2, -0.15) is 0 Å². The summed E-state index contributed by atoms with van der Waals surface area (Å²) in [5.41, 5.74) is 1.22. The number of nitrogens with zero attached hydrogens (tertiary/aromatic N) is 3. The molecule has 0 unspecified atom stereocenters. The molecule has 0 saturated heterocycles. The van der Waals surface area contributed by atoms with Crippen molar-refractivity contribution in [3.63, 3.8) is 0 Å². The van der Waals surface area contributed by atoms with E-state index in [-0.39, 0.29) is 11.2 Å².